The van der Waals surface area contributed by atoms with Crippen molar-refractivity contribution in [1.29, 1.82) is 5.26 Å². The van der Waals surface area contributed by atoms with E-state index < -0.39 is 0 Å². The van der Waals surface area contributed by atoms with Crippen LogP contribution in [0.3, 0.4) is 0 Å². The Kier molecular flexibility index (Phi) is 5.17. The topological polar surface area (TPSA) is 86.1 Å². The average Bonchev–Trinajstić information content (AvgIpc) is 3.13. The van der Waals surface area contributed by atoms with Crippen molar-refractivity contribution < 1.29 is 9.59 Å². The number of carbonyl (C=O) groups is 2. The van der Waals surface area contributed by atoms with Gasteiger partial charge in [-0.15, -0.1) is 0 Å². The van der Waals surface area contributed by atoms with Gasteiger partial charge in [0.25, 0.3) is 5.91 Å². The van der Waals surface area contributed by atoms with Crippen LogP contribution in [0.2, 0.25) is 0 Å². The molecule has 1 aromatic heterocycles. The number of nitrogens with one attached hydrogen (secondary N) is 1. The number of hydrogen-bond donors (Lipinski definition) is 1. The lowest BCUT2D eigenvalue weighted by Crippen LogP contribution is -2.42. The third-order valence-electron chi connectivity index (χ3n) is 4.80. The van der Waals surface area contributed by atoms with Gasteiger partial charge in [0.15, 0.2) is 0 Å². The molecule has 2 heterocycles. The summed E-state index contributed by atoms with van der Waals surface area (Å²) < 4.78 is 0. The molecule has 2 aromatic rings. The molecule has 6 heteroatoms. The summed E-state index contributed by atoms with van der Waals surface area (Å²) in [6.07, 6.45) is 3.12. The van der Waals surface area contributed by atoms with Crippen molar-refractivity contribution in [3.63, 3.8) is 0 Å². The summed E-state index contributed by atoms with van der Waals surface area (Å²) in [6.45, 7) is 4.66. The van der Waals surface area contributed by atoms with Crippen LogP contribution >= 0.6 is 0 Å². The Bertz CT molecular complexity index is 885. The first-order valence-corrected chi connectivity index (χ1v) is 8.87. The maximum Gasteiger partial charge on any atom is 0.252 e. The first-order chi connectivity index (χ1) is 12.5. The normalized spacial score (nSPS) is 16.7. The van der Waals surface area contributed by atoms with Gasteiger partial charge in [-0.1, -0.05) is 19.9 Å². The highest BCUT2D eigenvalue weighted by molar-refractivity contribution is 6.07. The van der Waals surface area contributed by atoms with Crippen LogP contribution in [-0.2, 0) is 4.79 Å². The van der Waals surface area contributed by atoms with Crippen molar-refractivity contribution >= 4 is 22.7 Å². The minimum atomic E-state index is -0.380. The van der Waals surface area contributed by atoms with Gasteiger partial charge >= 0.3 is 0 Å². The second-order valence-corrected chi connectivity index (χ2v) is 6.85. The zero-order chi connectivity index (χ0) is 18.7. The highest BCUT2D eigenvalue weighted by Crippen LogP contribution is 2.23. The predicted molar refractivity (Wildman–Crippen MR) is 98.5 cm³/mol. The van der Waals surface area contributed by atoms with Crippen LogP contribution in [-0.4, -0.2) is 40.8 Å². The van der Waals surface area contributed by atoms with Crippen LogP contribution in [0.4, 0.5) is 0 Å². The second-order valence-electron chi connectivity index (χ2n) is 6.85. The average molecular weight is 350 g/mol. The van der Waals surface area contributed by atoms with E-state index in [0.29, 0.717) is 24.4 Å². The molecular formula is C20H22N4O2. The van der Waals surface area contributed by atoms with Crippen molar-refractivity contribution in [3.05, 3.63) is 41.6 Å². The predicted octanol–water partition coefficient (Wildman–Crippen LogP) is 2.60. The van der Waals surface area contributed by atoms with Crippen LogP contribution in [0.1, 0.15) is 48.5 Å². The highest BCUT2D eigenvalue weighted by Gasteiger charge is 2.28. The van der Waals surface area contributed by atoms with Gasteiger partial charge in [-0.25, -0.2) is 0 Å². The van der Waals surface area contributed by atoms with E-state index in [4.69, 9.17) is 5.26 Å². The van der Waals surface area contributed by atoms with E-state index in [0.717, 1.165) is 22.9 Å². The molecule has 6 nitrogen and oxygen atoms in total. The molecule has 134 valence electrons. The van der Waals surface area contributed by atoms with Crippen LogP contribution in [0.5, 0.6) is 0 Å². The molecule has 1 saturated heterocycles. The van der Waals surface area contributed by atoms with Gasteiger partial charge < -0.3 is 10.2 Å². The fraction of sp³-hybridized carbons (Fsp3) is 0.400. The first-order valence-electron chi connectivity index (χ1n) is 8.87. The number of nitriles is 1. The largest absolute Gasteiger partial charge is 0.343 e. The number of pyridine rings is 1. The van der Waals surface area contributed by atoms with Gasteiger partial charge in [-0.2, -0.15) is 5.26 Å². The zero-order valence-corrected chi connectivity index (χ0v) is 15.0. The molecule has 1 aliphatic rings. The second kappa shape index (κ2) is 7.52. The van der Waals surface area contributed by atoms with Crippen LogP contribution < -0.4 is 5.32 Å². The Hall–Kier alpha value is -2.94. The molecule has 1 aromatic carbocycles. The molecule has 1 aliphatic heterocycles. The number of nitrogens with zero attached hydrogens (tertiary/aromatic N) is 3. The van der Waals surface area contributed by atoms with E-state index in [1.807, 2.05) is 18.2 Å². The van der Waals surface area contributed by atoms with Gasteiger partial charge in [0, 0.05) is 18.1 Å². The van der Waals surface area contributed by atoms with E-state index in [1.54, 1.807) is 17.2 Å². The SMILES string of the molecule is CC(C)c1ccc2nccc(C(=O)NCC(=O)N3CCC[C@H]3C#N)c2c1. The van der Waals surface area contributed by atoms with E-state index in [1.165, 1.54) is 0 Å². The highest BCUT2D eigenvalue weighted by atomic mass is 16.2. The lowest BCUT2D eigenvalue weighted by atomic mass is 9.99. The number of fused-ring (bicyclic) bond motifs is 1. The Morgan fingerprint density at radius 2 is 2.19 bits per heavy atom. The summed E-state index contributed by atoms with van der Waals surface area (Å²) in [7, 11) is 0. The number of likely N-dealkylation sites (tertiary alicyclic amines) is 1. The van der Waals surface area contributed by atoms with Crippen molar-refractivity contribution in [2.24, 2.45) is 0 Å². The van der Waals surface area contributed by atoms with Crippen LogP contribution in [0.25, 0.3) is 10.9 Å². The fourth-order valence-corrected chi connectivity index (χ4v) is 3.27. The monoisotopic (exact) mass is 350 g/mol. The van der Waals surface area contributed by atoms with Crippen molar-refractivity contribution in [3.8, 4) is 6.07 Å². The number of benzene rings is 1. The minimum absolute atomic E-state index is 0.106. The number of carbonyl (C=O) groups excluding carboxylic acids is 2. The molecule has 0 unspecified atom stereocenters. The number of rotatable bonds is 4. The molecule has 0 radical (unpaired) electrons. The molecule has 26 heavy (non-hydrogen) atoms. The third kappa shape index (κ3) is 3.52. The Labute approximate surface area is 152 Å². The fourth-order valence-electron chi connectivity index (χ4n) is 3.27. The summed E-state index contributed by atoms with van der Waals surface area (Å²) in [4.78, 5) is 30.8. The number of amides is 2. The zero-order valence-electron chi connectivity index (χ0n) is 15.0. The van der Waals surface area contributed by atoms with Crippen molar-refractivity contribution in [2.75, 3.05) is 13.1 Å². The summed E-state index contributed by atoms with van der Waals surface area (Å²) >= 11 is 0. The molecule has 2 amide bonds. The van der Waals surface area contributed by atoms with E-state index in [-0.39, 0.29) is 24.4 Å². The Balaban J connectivity index is 1.76. The standard InChI is InChI=1S/C20H22N4O2/c1-13(2)14-5-6-18-17(10-14)16(7-8-22-18)20(26)23-12-19(25)24-9-3-4-15(24)11-21/h5-8,10,13,15H,3-4,9,12H2,1-2H3,(H,23,26)/t15-/m0/s1. The van der Waals surface area contributed by atoms with Gasteiger partial charge in [-0.3, -0.25) is 14.6 Å². The van der Waals surface area contributed by atoms with Crippen LogP contribution in [0.15, 0.2) is 30.5 Å². The molecule has 0 bridgehead atoms. The van der Waals surface area contributed by atoms with Gasteiger partial charge in [0.05, 0.1) is 23.7 Å². The minimum Gasteiger partial charge on any atom is -0.343 e. The van der Waals surface area contributed by atoms with E-state index >= 15 is 0 Å². The number of aromatic nitrogens is 1. The van der Waals surface area contributed by atoms with Gasteiger partial charge in [-0.05, 0) is 42.5 Å². The molecule has 0 saturated carbocycles. The summed E-state index contributed by atoms with van der Waals surface area (Å²) in [5.41, 5.74) is 2.38. The van der Waals surface area contributed by atoms with Crippen molar-refractivity contribution in [2.45, 2.75) is 38.6 Å². The lowest BCUT2D eigenvalue weighted by Gasteiger charge is -2.19. The molecule has 1 N–H and O–H groups in total. The van der Waals surface area contributed by atoms with Gasteiger partial charge in [0.1, 0.15) is 6.04 Å². The Morgan fingerprint density at radius 1 is 1.38 bits per heavy atom. The smallest absolute Gasteiger partial charge is 0.252 e. The molecule has 3 rings (SSSR count). The van der Waals surface area contributed by atoms with E-state index in [9.17, 15) is 9.59 Å². The molecule has 1 atom stereocenters. The maximum atomic E-state index is 12.6. The first kappa shape index (κ1) is 17.9. The molecular weight excluding hydrogens is 328 g/mol. The summed E-state index contributed by atoms with van der Waals surface area (Å²) in [5.74, 6) is -0.182. The lowest BCUT2D eigenvalue weighted by molar-refractivity contribution is -0.130. The van der Waals surface area contributed by atoms with Crippen molar-refractivity contribution in [1.82, 2.24) is 15.2 Å². The summed E-state index contributed by atoms with van der Waals surface area (Å²) in [5, 5.41) is 12.6. The molecule has 0 spiro atoms. The molecule has 1 fully saturated rings. The number of hydrogen-bond acceptors (Lipinski definition) is 4. The quantitative estimate of drug-likeness (QED) is 0.918. The van der Waals surface area contributed by atoms with E-state index in [2.05, 4.69) is 30.2 Å². The maximum absolute atomic E-state index is 12.6. The Morgan fingerprint density at radius 3 is 2.92 bits per heavy atom. The summed E-state index contributed by atoms with van der Waals surface area (Å²) in [6, 6.07) is 9.33. The molecule has 0 aliphatic carbocycles. The third-order valence-corrected chi connectivity index (χ3v) is 4.80. The van der Waals surface area contributed by atoms with Gasteiger partial charge in [0.2, 0.25) is 5.91 Å². The van der Waals surface area contributed by atoms with Crippen LogP contribution in [0, 0.1) is 11.3 Å².